The number of aliphatic hydroxyl groups excluding tert-OH is 1. The molecule has 2 saturated heterocycles. The number of hydrogen-bond donors (Lipinski definition) is 7. The van der Waals surface area contributed by atoms with E-state index in [0.717, 1.165) is 36.1 Å². The number of unbranched alkanes of at least 4 members (excludes halogenated alkanes) is 1. The number of Topliss-reactive ketones (excluding diaryl/α,β-unsaturated/α-hetero) is 1. The van der Waals surface area contributed by atoms with Gasteiger partial charge in [0.2, 0.25) is 23.1 Å². The molecule has 552 valence electrons. The summed E-state index contributed by atoms with van der Waals surface area (Å²) in [5.41, 5.74) is 11.7. The number of rotatable bonds is 47. The van der Waals surface area contributed by atoms with E-state index in [1.165, 1.54) is 11.0 Å². The van der Waals surface area contributed by atoms with Crippen LogP contribution in [0.25, 0.3) is 43.9 Å². The molecule has 6 amide bonds. The number of carbonyl (C=O) groups excluding carboxylic acids is 6. The van der Waals surface area contributed by atoms with Gasteiger partial charge >= 0.3 is 12.0 Å². The summed E-state index contributed by atoms with van der Waals surface area (Å²) in [5, 5.41) is 41.7. The molecular formula is C71H101N12O17S+. The Morgan fingerprint density at radius 3 is 2.06 bits per heavy atom. The number of aromatic carboxylic acids is 1. The van der Waals surface area contributed by atoms with Crippen molar-refractivity contribution in [3.8, 4) is 22.5 Å². The van der Waals surface area contributed by atoms with Gasteiger partial charge in [0.05, 0.1) is 127 Å². The number of urea groups is 1. The first-order chi connectivity index (χ1) is 48.7. The second-order valence-corrected chi connectivity index (χ2v) is 27.1. The lowest BCUT2D eigenvalue weighted by Gasteiger charge is -2.30. The Bertz CT molecular complexity index is 3590. The number of hydrogen-bond acceptors (Lipinski definition) is 20. The van der Waals surface area contributed by atoms with Gasteiger partial charge in [-0.1, -0.05) is 31.4 Å². The van der Waals surface area contributed by atoms with Gasteiger partial charge in [-0.05, 0) is 66.1 Å². The lowest BCUT2D eigenvalue weighted by atomic mass is 9.75. The smallest absolute Gasteiger partial charge is 0.336 e. The Morgan fingerprint density at radius 1 is 0.713 bits per heavy atom. The predicted molar refractivity (Wildman–Crippen MR) is 384 cm³/mol. The van der Waals surface area contributed by atoms with Gasteiger partial charge in [0.1, 0.15) is 31.2 Å². The summed E-state index contributed by atoms with van der Waals surface area (Å²) in [4.78, 5) is 102. The number of nitrogens with one attached hydrogen (secondary N) is 5. The van der Waals surface area contributed by atoms with E-state index in [-0.39, 0.29) is 175 Å². The third-order valence-corrected chi connectivity index (χ3v) is 18.6. The molecule has 3 atom stereocenters. The monoisotopic (exact) mass is 1430 g/mol. The number of carboxylic acids is 1. The highest BCUT2D eigenvalue weighted by atomic mass is 32.2. The normalized spacial score (nSPS) is 16.4. The van der Waals surface area contributed by atoms with Crippen LogP contribution in [0.4, 0.5) is 10.5 Å². The minimum absolute atomic E-state index is 0.00691. The summed E-state index contributed by atoms with van der Waals surface area (Å²) in [5.74, 6) is -1.29. The molecule has 2 fully saturated rings. The van der Waals surface area contributed by atoms with Crippen LogP contribution in [0.5, 0.6) is 0 Å². The third-order valence-electron chi connectivity index (χ3n) is 17.1. The van der Waals surface area contributed by atoms with Crippen LogP contribution in [0.1, 0.15) is 98.8 Å². The van der Waals surface area contributed by atoms with Gasteiger partial charge in [0.25, 0.3) is 5.91 Å². The van der Waals surface area contributed by atoms with E-state index >= 15 is 0 Å². The van der Waals surface area contributed by atoms with E-state index in [1.807, 2.05) is 99.7 Å². The molecule has 7 N–H and O–H groups in total. The highest BCUT2D eigenvalue weighted by molar-refractivity contribution is 8.00. The van der Waals surface area contributed by atoms with E-state index < -0.39 is 17.3 Å². The Labute approximate surface area is 593 Å². The maximum absolute atomic E-state index is 13.9. The average Bonchev–Trinajstić information content (AvgIpc) is 1.25. The van der Waals surface area contributed by atoms with Crippen LogP contribution in [0.3, 0.4) is 0 Å². The molecule has 101 heavy (non-hydrogen) atoms. The molecule has 0 spiro atoms. The number of aliphatic hydroxyl groups is 1. The first-order valence-corrected chi connectivity index (χ1v) is 35.7. The minimum Gasteiger partial charge on any atom is -0.511 e. The Balaban J connectivity index is 0.833. The van der Waals surface area contributed by atoms with Gasteiger partial charge in [-0.25, -0.2) is 14.2 Å². The Morgan fingerprint density at radius 2 is 1.38 bits per heavy atom. The van der Waals surface area contributed by atoms with Gasteiger partial charge in [-0.3, -0.25) is 29.0 Å². The van der Waals surface area contributed by atoms with Crippen molar-refractivity contribution in [1.82, 2.24) is 36.1 Å². The van der Waals surface area contributed by atoms with Crippen LogP contribution < -0.4 is 41.4 Å². The molecule has 0 unspecified atom stereocenters. The summed E-state index contributed by atoms with van der Waals surface area (Å²) < 4.78 is 47.8. The molecule has 3 heterocycles. The first-order valence-electron chi connectivity index (χ1n) is 34.6. The van der Waals surface area contributed by atoms with E-state index in [9.17, 15) is 43.8 Å². The SMILES string of the molecule is CN(C)c1ccc2c(-c3ccc(C(=O)NCCC(=O)N(CCOCCOCCOCCN=[N+]=[N-])CCC(=O)NCCCN=C(CCOCCOCCOCCOCCNC(=O)CCCC[C@H]4SC[C@@H]5NC(=O)N[C@@H]54)C4=C(O)CC(C)(C)CC4=O)cc3C(=O)O)c3ccc(=[N+](C)C)cc-3oc2c1. The van der Waals surface area contributed by atoms with Gasteiger partial charge in [-0.15, -0.1) is 0 Å². The van der Waals surface area contributed by atoms with E-state index in [1.54, 1.807) is 12.1 Å². The molecule has 0 aromatic heterocycles. The summed E-state index contributed by atoms with van der Waals surface area (Å²) in [6, 6.07) is 16.2. The molecule has 29 nitrogen and oxygen atoms in total. The summed E-state index contributed by atoms with van der Waals surface area (Å²) >= 11 is 1.87. The number of anilines is 1. The number of benzene rings is 3. The lowest BCUT2D eigenvalue weighted by molar-refractivity contribution is -0.132. The number of fused-ring (bicyclic) bond motifs is 3. The fourth-order valence-electron chi connectivity index (χ4n) is 11.9. The zero-order chi connectivity index (χ0) is 72.5. The standard InChI is InChI=1S/C71H100N12O17S/c1-71(2)45-57(84)66(58(85)46-71)55(20-28-93-32-36-97-40-41-99-37-33-94-29-24-75-62(86)11-8-7-10-61-67-56(47-101-61)78-70(92)79-67)73-21-9-22-74-63(87)19-26-83(27-31-96-35-39-98-38-34-95-30-25-77-80-72)64(88)18-23-76-68(89)48-12-15-51(54(42-48)69(90)91)65-52-16-13-49(81(3)4)43-59(52)100-60-44-50(82(5)6)14-17-53(60)65/h12-17,42-44,56,61,67H,7-11,18-41,45-47H2,1-6H3,(H6-,73,74,75,76,78,79,84,85,86,87,89,90,91,92)/p+1/t56-,61+,67-/m0/s1. The molecule has 2 aromatic carbocycles. The molecule has 0 saturated carbocycles. The molecular weight excluding hydrogens is 1320 g/mol. The molecule has 30 heteroatoms. The van der Waals surface area contributed by atoms with E-state index in [2.05, 4.69) is 36.6 Å². The average molecular weight is 1430 g/mol. The van der Waals surface area contributed by atoms with Gasteiger partial charge in [0, 0.05) is 154 Å². The fraction of sp³-hybridized carbons (Fsp3) is 0.592. The highest BCUT2D eigenvalue weighted by Crippen LogP contribution is 2.43. The van der Waals surface area contributed by atoms with Crippen molar-refractivity contribution >= 4 is 75.5 Å². The Hall–Kier alpha value is -8.19. The molecule has 2 aromatic rings. The molecule has 0 bridgehead atoms. The number of carboxylic acid groups (broad SMARTS) is 1. The quantitative estimate of drug-likeness (QED) is 0.00381. The zero-order valence-corrected chi connectivity index (χ0v) is 59.9. The van der Waals surface area contributed by atoms with Crippen molar-refractivity contribution in [2.45, 2.75) is 95.4 Å². The van der Waals surface area contributed by atoms with Crippen molar-refractivity contribution in [2.75, 3.05) is 177 Å². The van der Waals surface area contributed by atoms with Crippen LogP contribution >= 0.6 is 11.8 Å². The second kappa shape index (κ2) is 42.3. The van der Waals surface area contributed by atoms with Gasteiger partial charge in [-0.2, -0.15) is 11.8 Å². The topological polar surface area (TPSA) is 368 Å². The second-order valence-electron chi connectivity index (χ2n) is 25.8. The van der Waals surface area contributed by atoms with Crippen LogP contribution in [0.15, 0.2) is 80.5 Å². The van der Waals surface area contributed by atoms with Crippen molar-refractivity contribution in [1.29, 1.82) is 0 Å². The van der Waals surface area contributed by atoms with E-state index in [0.29, 0.717) is 116 Å². The molecule has 5 aliphatic rings. The first kappa shape index (κ1) is 80.1. The number of amides is 6. The highest BCUT2D eigenvalue weighted by Gasteiger charge is 2.42. The van der Waals surface area contributed by atoms with Gasteiger partial charge < -0.3 is 84.2 Å². The minimum atomic E-state index is -1.24. The zero-order valence-electron chi connectivity index (χ0n) is 59.1. The number of azide groups is 1. The molecule has 2 aliphatic carbocycles. The molecule has 0 radical (unpaired) electrons. The number of ketones is 1. The largest absolute Gasteiger partial charge is 0.511 e. The number of ether oxygens (including phenoxy) is 7. The summed E-state index contributed by atoms with van der Waals surface area (Å²) in [6.07, 6.45) is 4.14. The van der Waals surface area contributed by atoms with Crippen LogP contribution in [-0.2, 0) is 52.3 Å². The number of aliphatic imine (C=N–C) groups is 1. The number of carbonyl (C=O) groups is 7. The summed E-state index contributed by atoms with van der Waals surface area (Å²) in [7, 11) is 7.66. The van der Waals surface area contributed by atoms with Crippen LogP contribution in [-0.4, -0.2) is 252 Å². The lowest BCUT2D eigenvalue weighted by Crippen LogP contribution is -2.39. The number of thioether (sulfide) groups is 1. The van der Waals surface area contributed by atoms with Crippen molar-refractivity contribution in [3.63, 3.8) is 0 Å². The van der Waals surface area contributed by atoms with Crippen LogP contribution in [0.2, 0.25) is 0 Å². The van der Waals surface area contributed by atoms with E-state index in [4.69, 9.17) is 48.1 Å². The third kappa shape index (κ3) is 26.3. The number of allylic oxidation sites excluding steroid dienone is 2. The van der Waals surface area contributed by atoms with Gasteiger partial charge in [0.15, 0.2) is 5.78 Å². The number of nitrogens with zero attached hydrogens (tertiary/aromatic N) is 7. The summed E-state index contributed by atoms with van der Waals surface area (Å²) in [6.45, 7) is 8.97. The van der Waals surface area contributed by atoms with Crippen molar-refractivity contribution in [3.05, 3.63) is 92.9 Å². The Kier molecular flexibility index (Phi) is 33.5. The molecule has 3 aliphatic heterocycles. The fourth-order valence-corrected chi connectivity index (χ4v) is 13.4. The van der Waals surface area contributed by atoms with Crippen LogP contribution in [0, 0.1) is 5.41 Å². The maximum Gasteiger partial charge on any atom is 0.336 e. The maximum atomic E-state index is 13.9. The predicted octanol–water partition coefficient (Wildman–Crippen LogP) is 6.15. The van der Waals surface area contributed by atoms with Crippen molar-refractivity contribution in [2.24, 2.45) is 15.5 Å². The molecule has 7 rings (SSSR count). The van der Waals surface area contributed by atoms with Crippen molar-refractivity contribution < 1.29 is 81.4 Å².